The topological polar surface area (TPSA) is 35.2 Å². The Morgan fingerprint density at radius 3 is 2.41 bits per heavy atom. The molecule has 0 saturated heterocycles. The average molecular weight is 233 g/mol. The van der Waals surface area contributed by atoms with Gasteiger partial charge in [-0.3, -0.25) is 0 Å². The molecular weight excluding hydrogens is 210 g/mol. The van der Waals surface area contributed by atoms with E-state index >= 15 is 0 Å². The maximum atomic E-state index is 6.67. The fourth-order valence-corrected chi connectivity index (χ4v) is 2.98. The van der Waals surface area contributed by atoms with Gasteiger partial charge >= 0.3 is 0 Å². The molecule has 2 heteroatoms. The molecule has 0 heterocycles. The minimum atomic E-state index is -0.163. The Bertz CT molecular complexity index is 373. The van der Waals surface area contributed by atoms with Crippen LogP contribution < -0.4 is 10.5 Å². The summed E-state index contributed by atoms with van der Waals surface area (Å²) in [6, 6.07) is 8.26. The third kappa shape index (κ3) is 2.32. The molecule has 17 heavy (non-hydrogen) atoms. The van der Waals surface area contributed by atoms with E-state index in [1.54, 1.807) is 7.11 Å². The van der Waals surface area contributed by atoms with Gasteiger partial charge < -0.3 is 10.5 Å². The molecule has 1 saturated carbocycles. The number of benzene rings is 1. The lowest BCUT2D eigenvalue weighted by Crippen LogP contribution is -2.47. The quantitative estimate of drug-likeness (QED) is 0.850. The molecule has 0 bridgehead atoms. The van der Waals surface area contributed by atoms with E-state index in [1.165, 1.54) is 18.4 Å². The monoisotopic (exact) mass is 233 g/mol. The molecule has 0 spiro atoms. The Morgan fingerprint density at radius 1 is 1.18 bits per heavy atom. The van der Waals surface area contributed by atoms with Crippen LogP contribution in [0, 0.1) is 11.8 Å². The number of hydrogen-bond acceptors (Lipinski definition) is 2. The van der Waals surface area contributed by atoms with Crippen LogP contribution in [-0.4, -0.2) is 7.11 Å². The zero-order valence-electron chi connectivity index (χ0n) is 11.1. The van der Waals surface area contributed by atoms with Crippen molar-refractivity contribution in [2.24, 2.45) is 17.6 Å². The van der Waals surface area contributed by atoms with E-state index in [9.17, 15) is 0 Å². The van der Waals surface area contributed by atoms with E-state index in [2.05, 4.69) is 26.0 Å². The lowest BCUT2D eigenvalue weighted by molar-refractivity contribution is 0.162. The van der Waals surface area contributed by atoms with Crippen molar-refractivity contribution in [2.75, 3.05) is 7.11 Å². The molecule has 0 amide bonds. The molecule has 3 unspecified atom stereocenters. The van der Waals surface area contributed by atoms with E-state index in [-0.39, 0.29) is 5.54 Å². The van der Waals surface area contributed by atoms with Crippen molar-refractivity contribution >= 4 is 0 Å². The number of ether oxygens (including phenoxy) is 1. The average Bonchev–Trinajstić information content (AvgIpc) is 2.34. The molecule has 1 aromatic rings. The Labute approximate surface area is 104 Å². The molecule has 1 aliphatic rings. The molecule has 0 aromatic heterocycles. The molecule has 0 radical (unpaired) electrons. The Morgan fingerprint density at radius 2 is 1.82 bits per heavy atom. The fourth-order valence-electron chi connectivity index (χ4n) is 2.98. The molecule has 94 valence electrons. The smallest absolute Gasteiger partial charge is 0.118 e. The first-order valence-corrected chi connectivity index (χ1v) is 6.49. The molecule has 1 aliphatic carbocycles. The van der Waals surface area contributed by atoms with Gasteiger partial charge in [-0.15, -0.1) is 0 Å². The van der Waals surface area contributed by atoms with Gasteiger partial charge in [0, 0.05) is 5.54 Å². The standard InChI is InChI=1S/C15H23NO/c1-11-4-5-12(2)15(16,10-11)13-6-8-14(17-3)9-7-13/h6-9,11-12H,4-5,10,16H2,1-3H3. The number of rotatable bonds is 2. The van der Waals surface area contributed by atoms with Crippen molar-refractivity contribution in [3.05, 3.63) is 29.8 Å². The van der Waals surface area contributed by atoms with Crippen LogP contribution in [0.3, 0.4) is 0 Å². The second kappa shape index (κ2) is 4.69. The molecule has 2 rings (SSSR count). The van der Waals surface area contributed by atoms with Gasteiger partial charge in [0.05, 0.1) is 7.11 Å². The molecule has 2 N–H and O–H groups in total. The van der Waals surface area contributed by atoms with Crippen LogP contribution in [0.25, 0.3) is 0 Å². The van der Waals surface area contributed by atoms with Crippen LogP contribution in [0.15, 0.2) is 24.3 Å². The SMILES string of the molecule is COc1ccc(C2(N)CC(C)CCC2C)cc1. The molecule has 3 atom stereocenters. The van der Waals surface area contributed by atoms with Crippen molar-refractivity contribution in [1.82, 2.24) is 0 Å². The summed E-state index contributed by atoms with van der Waals surface area (Å²) in [6.07, 6.45) is 3.61. The Balaban J connectivity index is 2.28. The summed E-state index contributed by atoms with van der Waals surface area (Å²) >= 11 is 0. The van der Waals surface area contributed by atoms with Crippen LogP contribution in [0.1, 0.15) is 38.7 Å². The summed E-state index contributed by atoms with van der Waals surface area (Å²) in [5.74, 6) is 2.17. The van der Waals surface area contributed by atoms with Gasteiger partial charge in [0.25, 0.3) is 0 Å². The first kappa shape index (κ1) is 12.4. The molecular formula is C15H23NO. The number of nitrogens with two attached hydrogens (primary N) is 1. The lowest BCUT2D eigenvalue weighted by atomic mass is 9.67. The minimum Gasteiger partial charge on any atom is -0.497 e. The predicted octanol–water partition coefficient (Wildman–Crippen LogP) is 3.31. The van der Waals surface area contributed by atoms with Crippen LogP contribution in [0.2, 0.25) is 0 Å². The minimum absolute atomic E-state index is 0.163. The van der Waals surface area contributed by atoms with Crippen LogP contribution in [-0.2, 0) is 5.54 Å². The Hall–Kier alpha value is -1.02. The lowest BCUT2D eigenvalue weighted by Gasteiger charge is -2.42. The highest BCUT2D eigenvalue weighted by atomic mass is 16.5. The summed E-state index contributed by atoms with van der Waals surface area (Å²) in [5, 5.41) is 0. The first-order chi connectivity index (χ1) is 8.06. The maximum Gasteiger partial charge on any atom is 0.118 e. The zero-order chi connectivity index (χ0) is 12.5. The van der Waals surface area contributed by atoms with Crippen molar-refractivity contribution in [3.63, 3.8) is 0 Å². The van der Waals surface area contributed by atoms with Gasteiger partial charge in [0.1, 0.15) is 5.75 Å². The summed E-state index contributed by atoms with van der Waals surface area (Å²) in [7, 11) is 1.69. The summed E-state index contributed by atoms with van der Waals surface area (Å²) in [6.45, 7) is 4.58. The van der Waals surface area contributed by atoms with Crippen LogP contribution in [0.4, 0.5) is 0 Å². The number of methoxy groups -OCH3 is 1. The van der Waals surface area contributed by atoms with Crippen molar-refractivity contribution in [3.8, 4) is 5.75 Å². The van der Waals surface area contributed by atoms with Crippen LogP contribution >= 0.6 is 0 Å². The first-order valence-electron chi connectivity index (χ1n) is 6.49. The van der Waals surface area contributed by atoms with Gasteiger partial charge in [-0.05, 0) is 42.4 Å². The highest BCUT2D eigenvalue weighted by Crippen LogP contribution is 2.42. The largest absolute Gasteiger partial charge is 0.497 e. The highest BCUT2D eigenvalue weighted by molar-refractivity contribution is 5.32. The molecule has 1 aromatic carbocycles. The van der Waals surface area contributed by atoms with Crippen molar-refractivity contribution < 1.29 is 4.74 Å². The summed E-state index contributed by atoms with van der Waals surface area (Å²) in [5.41, 5.74) is 7.75. The molecule has 2 nitrogen and oxygen atoms in total. The van der Waals surface area contributed by atoms with E-state index < -0.39 is 0 Å². The van der Waals surface area contributed by atoms with E-state index in [0.717, 1.165) is 18.1 Å². The summed E-state index contributed by atoms with van der Waals surface area (Å²) in [4.78, 5) is 0. The second-order valence-corrected chi connectivity index (χ2v) is 5.56. The summed E-state index contributed by atoms with van der Waals surface area (Å²) < 4.78 is 5.20. The van der Waals surface area contributed by atoms with Crippen LogP contribution in [0.5, 0.6) is 5.75 Å². The Kier molecular flexibility index (Phi) is 3.43. The van der Waals surface area contributed by atoms with Gasteiger partial charge in [0.2, 0.25) is 0 Å². The van der Waals surface area contributed by atoms with Gasteiger partial charge in [-0.25, -0.2) is 0 Å². The second-order valence-electron chi connectivity index (χ2n) is 5.56. The van der Waals surface area contributed by atoms with E-state index in [4.69, 9.17) is 10.5 Å². The molecule has 1 fully saturated rings. The van der Waals surface area contributed by atoms with E-state index in [1.807, 2.05) is 12.1 Å². The highest BCUT2D eigenvalue weighted by Gasteiger charge is 2.38. The number of hydrogen-bond donors (Lipinski definition) is 1. The zero-order valence-corrected chi connectivity index (χ0v) is 11.1. The third-order valence-electron chi connectivity index (χ3n) is 4.29. The normalized spacial score (nSPS) is 33.4. The third-order valence-corrected chi connectivity index (χ3v) is 4.29. The van der Waals surface area contributed by atoms with E-state index in [0.29, 0.717) is 5.92 Å². The van der Waals surface area contributed by atoms with Gasteiger partial charge in [-0.1, -0.05) is 32.4 Å². The molecule has 0 aliphatic heterocycles. The van der Waals surface area contributed by atoms with Crippen molar-refractivity contribution in [1.29, 1.82) is 0 Å². The fraction of sp³-hybridized carbons (Fsp3) is 0.600. The van der Waals surface area contributed by atoms with Gasteiger partial charge in [-0.2, -0.15) is 0 Å². The van der Waals surface area contributed by atoms with Gasteiger partial charge in [0.15, 0.2) is 0 Å². The van der Waals surface area contributed by atoms with Crippen molar-refractivity contribution in [2.45, 2.75) is 38.6 Å². The maximum absolute atomic E-state index is 6.67. The predicted molar refractivity (Wildman–Crippen MR) is 71.0 cm³/mol.